The molecule has 0 bridgehead atoms. The zero-order valence-electron chi connectivity index (χ0n) is 13.3. The van der Waals surface area contributed by atoms with Gasteiger partial charge in [-0.1, -0.05) is 42.5 Å². The number of benzene rings is 2. The van der Waals surface area contributed by atoms with Gasteiger partial charge in [0.1, 0.15) is 0 Å². The summed E-state index contributed by atoms with van der Waals surface area (Å²) in [5, 5.41) is 0. The van der Waals surface area contributed by atoms with E-state index in [1.54, 1.807) is 6.07 Å². The highest BCUT2D eigenvalue weighted by Gasteiger charge is 2.31. The quantitative estimate of drug-likeness (QED) is 0.825. The molecule has 0 radical (unpaired) electrons. The fraction of sp³-hybridized carbons (Fsp3) is 0.368. The van der Waals surface area contributed by atoms with Crippen LogP contribution >= 0.6 is 0 Å². The second kappa shape index (κ2) is 7.36. The van der Waals surface area contributed by atoms with Gasteiger partial charge in [-0.25, -0.2) is 0 Å². The van der Waals surface area contributed by atoms with Gasteiger partial charge in [0.05, 0.1) is 18.3 Å². The third kappa shape index (κ3) is 4.36. The maximum atomic E-state index is 12.9. The minimum absolute atomic E-state index is 0.308. The molecule has 1 heterocycles. The average Bonchev–Trinajstić information content (AvgIpc) is 2.60. The number of morpholine rings is 1. The van der Waals surface area contributed by atoms with Gasteiger partial charge in [-0.2, -0.15) is 13.2 Å². The van der Waals surface area contributed by atoms with Crippen molar-refractivity contribution in [2.24, 2.45) is 0 Å². The first-order chi connectivity index (χ1) is 11.5. The molecule has 0 spiro atoms. The summed E-state index contributed by atoms with van der Waals surface area (Å²) in [5.41, 5.74) is 1.24. The van der Waals surface area contributed by atoms with Crippen molar-refractivity contribution in [1.29, 1.82) is 0 Å². The normalized spacial score (nSPS) is 19.4. The van der Waals surface area contributed by atoms with Crippen LogP contribution in [-0.2, 0) is 17.3 Å². The third-order valence-corrected chi connectivity index (χ3v) is 4.30. The molecule has 0 aliphatic carbocycles. The zero-order valence-corrected chi connectivity index (χ0v) is 13.3. The highest BCUT2D eigenvalue weighted by Crippen LogP contribution is 2.32. The van der Waals surface area contributed by atoms with Crippen LogP contribution in [0, 0.1) is 0 Å². The van der Waals surface area contributed by atoms with E-state index in [1.807, 2.05) is 18.2 Å². The van der Waals surface area contributed by atoms with Crippen LogP contribution in [0.4, 0.5) is 13.2 Å². The molecule has 0 amide bonds. The van der Waals surface area contributed by atoms with Crippen LogP contribution in [0.15, 0.2) is 54.6 Å². The molecule has 2 aromatic carbocycles. The first-order valence-electron chi connectivity index (χ1n) is 8.07. The summed E-state index contributed by atoms with van der Waals surface area (Å²) in [6.07, 6.45) is -3.70. The maximum Gasteiger partial charge on any atom is 0.416 e. The predicted octanol–water partition coefficient (Wildman–Crippen LogP) is 4.32. The van der Waals surface area contributed by atoms with Crippen molar-refractivity contribution in [2.75, 3.05) is 26.2 Å². The Balaban J connectivity index is 1.63. The number of hydrogen-bond donors (Lipinski definition) is 0. The van der Waals surface area contributed by atoms with Gasteiger partial charge in [0.15, 0.2) is 0 Å². The summed E-state index contributed by atoms with van der Waals surface area (Å²) in [6.45, 7) is 2.84. The Morgan fingerprint density at radius 2 is 1.83 bits per heavy atom. The lowest BCUT2D eigenvalue weighted by molar-refractivity contribution is -0.137. The van der Waals surface area contributed by atoms with Crippen LogP contribution < -0.4 is 0 Å². The molecule has 1 aliphatic heterocycles. The van der Waals surface area contributed by atoms with Crippen molar-refractivity contribution < 1.29 is 17.9 Å². The van der Waals surface area contributed by atoms with E-state index >= 15 is 0 Å². The molecular weight excluding hydrogens is 315 g/mol. The minimum Gasteiger partial charge on any atom is -0.371 e. The Bertz CT molecular complexity index is 657. The summed E-state index contributed by atoms with van der Waals surface area (Å²) in [6, 6.07) is 15.6. The summed E-state index contributed by atoms with van der Waals surface area (Å²) < 4.78 is 44.3. The number of alkyl halides is 3. The van der Waals surface area contributed by atoms with Gasteiger partial charge < -0.3 is 4.74 Å². The van der Waals surface area contributed by atoms with Gasteiger partial charge in [0.25, 0.3) is 0 Å². The summed E-state index contributed by atoms with van der Waals surface area (Å²) in [7, 11) is 0. The highest BCUT2D eigenvalue weighted by molar-refractivity contribution is 5.27. The molecule has 128 valence electrons. The largest absolute Gasteiger partial charge is 0.416 e. The van der Waals surface area contributed by atoms with E-state index in [0.717, 1.165) is 25.6 Å². The monoisotopic (exact) mass is 335 g/mol. The van der Waals surface area contributed by atoms with E-state index in [9.17, 15) is 13.2 Å². The van der Waals surface area contributed by atoms with Gasteiger partial charge in [0.2, 0.25) is 0 Å². The summed E-state index contributed by atoms with van der Waals surface area (Å²) in [4.78, 5) is 2.25. The molecule has 24 heavy (non-hydrogen) atoms. The van der Waals surface area contributed by atoms with Crippen LogP contribution in [0.25, 0.3) is 0 Å². The molecule has 0 saturated carbocycles. The first-order valence-corrected chi connectivity index (χ1v) is 8.07. The van der Waals surface area contributed by atoms with E-state index in [0.29, 0.717) is 18.7 Å². The first kappa shape index (κ1) is 17.0. The van der Waals surface area contributed by atoms with Crippen LogP contribution in [-0.4, -0.2) is 31.1 Å². The molecule has 1 unspecified atom stereocenters. The predicted molar refractivity (Wildman–Crippen MR) is 86.7 cm³/mol. The number of nitrogens with zero attached hydrogens (tertiary/aromatic N) is 1. The molecule has 2 aromatic rings. The number of halogens is 3. The van der Waals surface area contributed by atoms with Crippen LogP contribution in [0.5, 0.6) is 0 Å². The van der Waals surface area contributed by atoms with Crippen LogP contribution in [0.3, 0.4) is 0 Å². The summed E-state index contributed by atoms with van der Waals surface area (Å²) in [5.74, 6) is 0. The molecule has 0 aromatic heterocycles. The SMILES string of the molecule is FC(F)(F)c1cccc(C2CN(CCc3ccccc3)CCO2)c1. The van der Waals surface area contributed by atoms with Crippen LogP contribution in [0.2, 0.25) is 0 Å². The second-order valence-electron chi connectivity index (χ2n) is 6.02. The molecule has 1 saturated heterocycles. The van der Waals surface area contributed by atoms with E-state index in [1.165, 1.54) is 17.7 Å². The molecule has 3 rings (SSSR count). The summed E-state index contributed by atoms with van der Waals surface area (Å²) >= 11 is 0. The lowest BCUT2D eigenvalue weighted by Crippen LogP contribution is -2.39. The molecular formula is C19H20F3NO. The van der Waals surface area contributed by atoms with Crippen LogP contribution in [0.1, 0.15) is 22.8 Å². The molecule has 1 fully saturated rings. The lowest BCUT2D eigenvalue weighted by Gasteiger charge is -2.33. The van der Waals surface area contributed by atoms with Gasteiger partial charge in [0, 0.05) is 19.6 Å². The Kier molecular flexibility index (Phi) is 5.21. The number of rotatable bonds is 4. The Morgan fingerprint density at radius 1 is 1.04 bits per heavy atom. The fourth-order valence-electron chi connectivity index (χ4n) is 2.95. The van der Waals surface area contributed by atoms with Gasteiger partial charge in [-0.15, -0.1) is 0 Å². The van der Waals surface area contributed by atoms with Crippen molar-refractivity contribution >= 4 is 0 Å². The van der Waals surface area contributed by atoms with Crippen molar-refractivity contribution in [3.05, 3.63) is 71.3 Å². The smallest absolute Gasteiger partial charge is 0.371 e. The van der Waals surface area contributed by atoms with Gasteiger partial charge >= 0.3 is 6.18 Å². The standard InChI is InChI=1S/C19H20F3NO/c20-19(21,22)17-8-4-7-16(13-17)18-14-23(11-12-24-18)10-9-15-5-2-1-3-6-15/h1-8,13,18H,9-12,14H2. The molecule has 0 N–H and O–H groups in total. The van der Waals surface area contributed by atoms with E-state index in [4.69, 9.17) is 4.74 Å². The highest BCUT2D eigenvalue weighted by atomic mass is 19.4. The number of ether oxygens (including phenoxy) is 1. The molecule has 2 nitrogen and oxygen atoms in total. The fourth-order valence-corrected chi connectivity index (χ4v) is 2.95. The van der Waals surface area contributed by atoms with E-state index < -0.39 is 11.7 Å². The zero-order chi connectivity index (χ0) is 17.0. The maximum absolute atomic E-state index is 12.9. The molecule has 5 heteroatoms. The minimum atomic E-state index is -4.32. The molecule has 1 atom stereocenters. The van der Waals surface area contributed by atoms with E-state index in [-0.39, 0.29) is 6.10 Å². The Hall–Kier alpha value is -1.85. The Morgan fingerprint density at radius 3 is 2.58 bits per heavy atom. The second-order valence-corrected chi connectivity index (χ2v) is 6.02. The number of hydrogen-bond acceptors (Lipinski definition) is 2. The van der Waals surface area contributed by atoms with Gasteiger partial charge in [-0.05, 0) is 29.7 Å². The topological polar surface area (TPSA) is 12.5 Å². The average molecular weight is 335 g/mol. The van der Waals surface area contributed by atoms with Crippen molar-refractivity contribution in [2.45, 2.75) is 18.7 Å². The lowest BCUT2D eigenvalue weighted by atomic mass is 10.0. The third-order valence-electron chi connectivity index (χ3n) is 4.30. The van der Waals surface area contributed by atoms with E-state index in [2.05, 4.69) is 17.0 Å². The Labute approximate surface area is 139 Å². The van der Waals surface area contributed by atoms with Crippen molar-refractivity contribution in [3.63, 3.8) is 0 Å². The van der Waals surface area contributed by atoms with Crippen molar-refractivity contribution in [1.82, 2.24) is 4.90 Å². The van der Waals surface area contributed by atoms with Crippen molar-refractivity contribution in [3.8, 4) is 0 Å². The molecule has 1 aliphatic rings. The van der Waals surface area contributed by atoms with Gasteiger partial charge in [-0.3, -0.25) is 4.90 Å².